The molecule has 0 radical (unpaired) electrons. The summed E-state index contributed by atoms with van der Waals surface area (Å²) < 4.78 is 4.64. The van der Waals surface area contributed by atoms with Gasteiger partial charge >= 0.3 is 5.97 Å². The first-order valence-electron chi connectivity index (χ1n) is 5.72. The molecule has 0 aliphatic carbocycles. The highest BCUT2D eigenvalue weighted by Gasteiger charge is 2.11. The molecule has 0 saturated heterocycles. The molecule has 0 spiro atoms. The van der Waals surface area contributed by atoms with Gasteiger partial charge in [0.05, 0.1) is 20.1 Å². The molecule has 4 nitrogen and oxygen atoms in total. The highest BCUT2D eigenvalue weighted by Crippen LogP contribution is 2.13. The Hall–Kier alpha value is -1.55. The summed E-state index contributed by atoms with van der Waals surface area (Å²) in [6.45, 7) is 2.06. The third kappa shape index (κ3) is 4.44. The van der Waals surface area contributed by atoms with E-state index in [0.29, 0.717) is 6.42 Å². The molecule has 0 amide bonds. The van der Waals surface area contributed by atoms with Gasteiger partial charge in [-0.3, -0.25) is 4.79 Å². The van der Waals surface area contributed by atoms with E-state index in [1.807, 2.05) is 31.2 Å². The fraction of sp³-hybridized carbons (Fsp3) is 0.462. The number of esters is 1. The van der Waals surface area contributed by atoms with E-state index in [-0.39, 0.29) is 18.6 Å². The van der Waals surface area contributed by atoms with Gasteiger partial charge in [0.15, 0.2) is 0 Å². The number of methoxy groups -OCH3 is 1. The van der Waals surface area contributed by atoms with Gasteiger partial charge in [-0.05, 0) is 24.1 Å². The molecule has 0 bridgehead atoms. The summed E-state index contributed by atoms with van der Waals surface area (Å²) in [4.78, 5) is 11.2. The van der Waals surface area contributed by atoms with Crippen molar-refractivity contribution in [3.8, 4) is 0 Å². The second-order valence-electron chi connectivity index (χ2n) is 3.88. The van der Waals surface area contributed by atoms with Crippen LogP contribution in [-0.4, -0.2) is 24.2 Å². The van der Waals surface area contributed by atoms with E-state index in [1.54, 1.807) is 0 Å². The average molecular weight is 237 g/mol. The van der Waals surface area contributed by atoms with Crippen LogP contribution in [0.5, 0.6) is 0 Å². The molecular formula is C13H19NO3. The minimum Gasteiger partial charge on any atom is -0.469 e. The lowest BCUT2D eigenvalue weighted by atomic mass is 10.1. The van der Waals surface area contributed by atoms with Crippen LogP contribution in [-0.2, 0) is 16.1 Å². The van der Waals surface area contributed by atoms with Crippen molar-refractivity contribution in [1.82, 2.24) is 0 Å². The van der Waals surface area contributed by atoms with Gasteiger partial charge in [0.25, 0.3) is 0 Å². The van der Waals surface area contributed by atoms with Crippen LogP contribution in [0.15, 0.2) is 24.3 Å². The van der Waals surface area contributed by atoms with Gasteiger partial charge in [-0.2, -0.15) is 0 Å². The fourth-order valence-corrected chi connectivity index (χ4v) is 1.52. The van der Waals surface area contributed by atoms with Crippen LogP contribution in [0.1, 0.15) is 25.3 Å². The molecule has 17 heavy (non-hydrogen) atoms. The van der Waals surface area contributed by atoms with Gasteiger partial charge in [-0.15, -0.1) is 0 Å². The van der Waals surface area contributed by atoms with Gasteiger partial charge in [0.1, 0.15) is 0 Å². The van der Waals surface area contributed by atoms with Crippen molar-refractivity contribution < 1.29 is 14.6 Å². The monoisotopic (exact) mass is 237 g/mol. The summed E-state index contributed by atoms with van der Waals surface area (Å²) in [5.41, 5.74) is 1.81. The average Bonchev–Trinajstić information content (AvgIpc) is 2.38. The molecular weight excluding hydrogens is 218 g/mol. The quantitative estimate of drug-likeness (QED) is 0.742. The number of hydrogen-bond donors (Lipinski definition) is 2. The highest BCUT2D eigenvalue weighted by atomic mass is 16.5. The van der Waals surface area contributed by atoms with E-state index in [0.717, 1.165) is 17.7 Å². The van der Waals surface area contributed by atoms with Crippen molar-refractivity contribution >= 4 is 11.7 Å². The Bertz CT molecular complexity index is 348. The predicted octanol–water partition coefficient (Wildman–Crippen LogP) is 1.93. The lowest BCUT2D eigenvalue weighted by Crippen LogP contribution is -2.23. The van der Waals surface area contributed by atoms with Gasteiger partial charge in [0, 0.05) is 11.7 Å². The maximum absolute atomic E-state index is 11.2. The van der Waals surface area contributed by atoms with Crippen LogP contribution in [0, 0.1) is 0 Å². The Labute approximate surface area is 102 Å². The van der Waals surface area contributed by atoms with Crippen LogP contribution >= 0.6 is 0 Å². The van der Waals surface area contributed by atoms with Crippen LogP contribution < -0.4 is 5.32 Å². The zero-order chi connectivity index (χ0) is 12.7. The third-order valence-electron chi connectivity index (χ3n) is 2.64. The number of carbonyl (C=O) groups excluding carboxylic acids is 1. The molecule has 0 aliphatic rings. The largest absolute Gasteiger partial charge is 0.469 e. The molecule has 0 heterocycles. The lowest BCUT2D eigenvalue weighted by molar-refractivity contribution is -0.140. The van der Waals surface area contributed by atoms with Crippen molar-refractivity contribution in [2.45, 2.75) is 32.4 Å². The number of rotatable bonds is 6. The second-order valence-corrected chi connectivity index (χ2v) is 3.88. The van der Waals surface area contributed by atoms with Gasteiger partial charge in [-0.25, -0.2) is 0 Å². The predicted molar refractivity (Wildman–Crippen MR) is 66.7 cm³/mol. The number of anilines is 1. The first-order chi connectivity index (χ1) is 8.19. The molecule has 0 aliphatic heterocycles. The standard InChI is InChI=1S/C13H19NO3/c1-3-11(8-13(16)17-2)14-12-6-4-10(9-15)5-7-12/h4-7,11,14-15H,3,8-9H2,1-2H3/t11-/m0/s1. The SMILES string of the molecule is CC[C@@H](CC(=O)OC)Nc1ccc(CO)cc1. The summed E-state index contributed by atoms with van der Waals surface area (Å²) >= 11 is 0. The normalized spacial score (nSPS) is 11.9. The number of aliphatic hydroxyl groups excluding tert-OH is 1. The molecule has 0 aromatic heterocycles. The van der Waals surface area contributed by atoms with E-state index in [2.05, 4.69) is 10.1 Å². The van der Waals surface area contributed by atoms with Gasteiger partial charge in [0.2, 0.25) is 0 Å². The Balaban J connectivity index is 2.57. The fourth-order valence-electron chi connectivity index (χ4n) is 1.52. The van der Waals surface area contributed by atoms with Crippen molar-refractivity contribution in [1.29, 1.82) is 0 Å². The second kappa shape index (κ2) is 6.91. The molecule has 1 aromatic carbocycles. The Morgan fingerprint density at radius 2 is 2.06 bits per heavy atom. The molecule has 0 saturated carbocycles. The summed E-state index contributed by atoms with van der Waals surface area (Å²) in [6, 6.07) is 7.57. The Morgan fingerprint density at radius 1 is 1.41 bits per heavy atom. The molecule has 0 unspecified atom stereocenters. The number of hydrogen-bond acceptors (Lipinski definition) is 4. The lowest BCUT2D eigenvalue weighted by Gasteiger charge is -2.17. The summed E-state index contributed by atoms with van der Waals surface area (Å²) in [7, 11) is 1.39. The van der Waals surface area contributed by atoms with Crippen molar-refractivity contribution in [3.63, 3.8) is 0 Å². The van der Waals surface area contributed by atoms with E-state index in [4.69, 9.17) is 5.11 Å². The van der Waals surface area contributed by atoms with Crippen molar-refractivity contribution in [3.05, 3.63) is 29.8 Å². The van der Waals surface area contributed by atoms with Crippen molar-refractivity contribution in [2.24, 2.45) is 0 Å². The summed E-state index contributed by atoms with van der Waals surface area (Å²) in [6.07, 6.45) is 1.20. The minimum atomic E-state index is -0.212. The van der Waals surface area contributed by atoms with Gasteiger partial charge < -0.3 is 15.2 Å². The first kappa shape index (κ1) is 13.5. The third-order valence-corrected chi connectivity index (χ3v) is 2.64. The highest BCUT2D eigenvalue weighted by molar-refractivity contribution is 5.70. The number of ether oxygens (including phenoxy) is 1. The molecule has 2 N–H and O–H groups in total. The van der Waals surface area contributed by atoms with Crippen LogP contribution in [0.4, 0.5) is 5.69 Å². The van der Waals surface area contributed by atoms with Crippen LogP contribution in [0.25, 0.3) is 0 Å². The molecule has 1 atom stereocenters. The molecule has 1 aromatic rings. The Morgan fingerprint density at radius 3 is 2.53 bits per heavy atom. The van der Waals surface area contributed by atoms with E-state index >= 15 is 0 Å². The molecule has 94 valence electrons. The number of aliphatic hydroxyl groups is 1. The topological polar surface area (TPSA) is 58.6 Å². The van der Waals surface area contributed by atoms with Crippen LogP contribution in [0.2, 0.25) is 0 Å². The molecule has 0 fully saturated rings. The smallest absolute Gasteiger partial charge is 0.307 e. The zero-order valence-corrected chi connectivity index (χ0v) is 10.3. The first-order valence-corrected chi connectivity index (χ1v) is 5.72. The molecule has 4 heteroatoms. The van der Waals surface area contributed by atoms with Gasteiger partial charge in [-0.1, -0.05) is 19.1 Å². The summed E-state index contributed by atoms with van der Waals surface area (Å²) in [5, 5.41) is 12.2. The zero-order valence-electron chi connectivity index (χ0n) is 10.3. The number of carbonyl (C=O) groups is 1. The maximum Gasteiger partial charge on any atom is 0.307 e. The maximum atomic E-state index is 11.2. The van der Waals surface area contributed by atoms with Crippen LogP contribution in [0.3, 0.4) is 0 Å². The number of nitrogens with one attached hydrogen (secondary N) is 1. The van der Waals surface area contributed by atoms with Crippen molar-refractivity contribution in [2.75, 3.05) is 12.4 Å². The molecule has 1 rings (SSSR count). The minimum absolute atomic E-state index is 0.0413. The van der Waals surface area contributed by atoms with E-state index in [1.165, 1.54) is 7.11 Å². The Kier molecular flexibility index (Phi) is 5.49. The number of benzene rings is 1. The summed E-state index contributed by atoms with van der Waals surface area (Å²) in [5.74, 6) is -0.212. The van der Waals surface area contributed by atoms with E-state index in [9.17, 15) is 4.79 Å². The van der Waals surface area contributed by atoms with E-state index < -0.39 is 0 Å².